The van der Waals surface area contributed by atoms with E-state index in [4.69, 9.17) is 5.73 Å². The molecule has 10 atom stereocenters. The smallest absolute Gasteiger partial charge is 0.0490 e. The third-order valence-electron chi connectivity index (χ3n) is 11.7. The van der Waals surface area contributed by atoms with Crippen LogP contribution in [0.5, 0.6) is 0 Å². The number of aliphatic hydroxyl groups excluding tert-OH is 1. The van der Waals surface area contributed by atoms with Gasteiger partial charge in [0, 0.05) is 12.6 Å². The Morgan fingerprint density at radius 3 is 2.30 bits per heavy atom. The molecule has 0 saturated heterocycles. The lowest BCUT2D eigenvalue weighted by Crippen LogP contribution is -2.61. The predicted octanol–water partition coefficient (Wildman–Crippen LogP) is 5.38. The molecule has 5 fully saturated rings. The van der Waals surface area contributed by atoms with E-state index in [2.05, 4.69) is 20.8 Å². The van der Waals surface area contributed by atoms with Gasteiger partial charge in [-0.15, -0.1) is 0 Å². The Labute approximate surface area is 167 Å². The second-order valence-electron chi connectivity index (χ2n) is 12.2. The average Bonchev–Trinajstić information content (AvgIpc) is 3.10. The largest absolute Gasteiger partial charge is 0.396 e. The minimum absolute atomic E-state index is 0.303. The van der Waals surface area contributed by atoms with E-state index in [-0.39, 0.29) is 0 Å². The van der Waals surface area contributed by atoms with Crippen molar-refractivity contribution in [2.45, 2.75) is 97.4 Å². The molecule has 0 aromatic carbocycles. The highest BCUT2D eigenvalue weighted by Crippen LogP contribution is 2.71. The van der Waals surface area contributed by atoms with Gasteiger partial charge >= 0.3 is 0 Å². The van der Waals surface area contributed by atoms with Gasteiger partial charge < -0.3 is 10.8 Å². The Morgan fingerprint density at radius 2 is 1.52 bits per heavy atom. The van der Waals surface area contributed by atoms with Crippen LogP contribution in [-0.4, -0.2) is 17.8 Å². The summed E-state index contributed by atoms with van der Waals surface area (Å²) in [4.78, 5) is 0. The fraction of sp³-hybridized carbons (Fsp3) is 1.00. The summed E-state index contributed by atoms with van der Waals surface area (Å²) in [5, 5.41) is 10.3. The van der Waals surface area contributed by atoms with Gasteiger partial charge in [0.1, 0.15) is 0 Å². The maximum atomic E-state index is 10.3. The standard InChI is InChI=1S/C25H43NO/c1-16-18-8-12-24(3)19-9-14-25(15-27)11-4-5-20(25)17(19)6-7-22(24)23(18,2)13-10-21(16)26/h16-22,27H,4-15,26H2,1-3H3. The van der Waals surface area contributed by atoms with Gasteiger partial charge in [-0.3, -0.25) is 0 Å². The minimum Gasteiger partial charge on any atom is -0.396 e. The Hall–Kier alpha value is -0.0800. The molecule has 27 heavy (non-hydrogen) atoms. The first-order valence-corrected chi connectivity index (χ1v) is 12.2. The van der Waals surface area contributed by atoms with E-state index < -0.39 is 0 Å². The van der Waals surface area contributed by atoms with Crippen molar-refractivity contribution >= 4 is 0 Å². The summed E-state index contributed by atoms with van der Waals surface area (Å²) >= 11 is 0. The third kappa shape index (κ3) is 2.38. The highest BCUT2D eigenvalue weighted by Gasteiger charge is 2.64. The van der Waals surface area contributed by atoms with Gasteiger partial charge in [0.15, 0.2) is 0 Å². The Balaban J connectivity index is 1.46. The summed E-state index contributed by atoms with van der Waals surface area (Å²) in [7, 11) is 0. The summed E-state index contributed by atoms with van der Waals surface area (Å²) in [6.45, 7) is 8.28. The third-order valence-corrected chi connectivity index (χ3v) is 11.7. The molecule has 0 radical (unpaired) electrons. The zero-order valence-corrected chi connectivity index (χ0v) is 18.1. The van der Waals surface area contributed by atoms with Crippen LogP contribution in [0.3, 0.4) is 0 Å². The normalized spacial score (nSPS) is 60.1. The summed E-state index contributed by atoms with van der Waals surface area (Å²) in [5.41, 5.74) is 7.88. The zero-order chi connectivity index (χ0) is 19.0. The maximum Gasteiger partial charge on any atom is 0.0490 e. The molecule has 3 N–H and O–H groups in total. The SMILES string of the molecule is CC1C(N)CCC2(C)C1CCC1(C)C3CCC4(CO)CCCC4C3CCC21. The first-order valence-electron chi connectivity index (χ1n) is 12.2. The van der Waals surface area contributed by atoms with E-state index in [0.717, 1.165) is 29.6 Å². The van der Waals surface area contributed by atoms with Crippen LogP contribution < -0.4 is 5.73 Å². The van der Waals surface area contributed by atoms with Crippen molar-refractivity contribution in [2.24, 2.45) is 57.5 Å². The molecule has 10 unspecified atom stereocenters. The highest BCUT2D eigenvalue weighted by molar-refractivity contribution is 5.13. The lowest BCUT2D eigenvalue weighted by atomic mass is 9.37. The lowest BCUT2D eigenvalue weighted by molar-refractivity contribution is -0.187. The molecule has 0 heterocycles. The van der Waals surface area contributed by atoms with Gasteiger partial charge in [0.05, 0.1) is 0 Å². The molecule has 5 rings (SSSR count). The molecular weight excluding hydrogens is 330 g/mol. The number of rotatable bonds is 1. The molecule has 0 amide bonds. The van der Waals surface area contributed by atoms with Gasteiger partial charge in [-0.1, -0.05) is 27.2 Å². The zero-order valence-electron chi connectivity index (χ0n) is 18.1. The quantitative estimate of drug-likeness (QED) is 0.648. The molecule has 154 valence electrons. The van der Waals surface area contributed by atoms with Crippen LogP contribution >= 0.6 is 0 Å². The van der Waals surface area contributed by atoms with Gasteiger partial charge in [-0.25, -0.2) is 0 Å². The van der Waals surface area contributed by atoms with Crippen LogP contribution in [0.1, 0.15) is 91.4 Å². The van der Waals surface area contributed by atoms with Crippen molar-refractivity contribution in [1.82, 2.24) is 0 Å². The average molecular weight is 374 g/mol. The molecule has 0 bridgehead atoms. The molecule has 0 aliphatic heterocycles. The van der Waals surface area contributed by atoms with Crippen molar-refractivity contribution in [2.75, 3.05) is 6.61 Å². The van der Waals surface area contributed by atoms with Crippen molar-refractivity contribution in [3.8, 4) is 0 Å². The van der Waals surface area contributed by atoms with Gasteiger partial charge in [0.2, 0.25) is 0 Å². The van der Waals surface area contributed by atoms with Crippen LogP contribution in [0, 0.1) is 51.8 Å². The second kappa shape index (κ2) is 6.21. The Bertz CT molecular complexity index is 591. The van der Waals surface area contributed by atoms with Crippen LogP contribution in [0.4, 0.5) is 0 Å². The van der Waals surface area contributed by atoms with Crippen molar-refractivity contribution in [3.05, 3.63) is 0 Å². The first-order chi connectivity index (χ1) is 12.9. The van der Waals surface area contributed by atoms with Crippen molar-refractivity contribution < 1.29 is 5.11 Å². The molecule has 5 saturated carbocycles. The van der Waals surface area contributed by atoms with Gasteiger partial charge in [0.25, 0.3) is 0 Å². The molecular formula is C25H43NO. The molecule has 0 aromatic rings. The minimum atomic E-state index is 0.303. The predicted molar refractivity (Wildman–Crippen MR) is 111 cm³/mol. The molecule has 5 aliphatic carbocycles. The molecule has 0 spiro atoms. The number of fused-ring (bicyclic) bond motifs is 7. The van der Waals surface area contributed by atoms with E-state index in [1.807, 2.05) is 0 Å². The summed E-state index contributed by atoms with van der Waals surface area (Å²) in [6, 6.07) is 0.433. The fourth-order valence-corrected chi connectivity index (χ4v) is 10.3. The molecule has 2 nitrogen and oxygen atoms in total. The Morgan fingerprint density at radius 1 is 0.815 bits per heavy atom. The van der Waals surface area contributed by atoms with E-state index in [1.165, 1.54) is 70.6 Å². The number of aliphatic hydroxyl groups is 1. The maximum absolute atomic E-state index is 10.3. The number of hydrogen-bond donors (Lipinski definition) is 2. The van der Waals surface area contributed by atoms with Crippen molar-refractivity contribution in [1.29, 1.82) is 0 Å². The molecule has 0 aromatic heterocycles. The van der Waals surface area contributed by atoms with Crippen LogP contribution in [0.15, 0.2) is 0 Å². The van der Waals surface area contributed by atoms with E-state index in [1.54, 1.807) is 0 Å². The van der Waals surface area contributed by atoms with Gasteiger partial charge in [-0.2, -0.15) is 0 Å². The van der Waals surface area contributed by atoms with Crippen LogP contribution in [0.2, 0.25) is 0 Å². The fourth-order valence-electron chi connectivity index (χ4n) is 10.3. The summed E-state index contributed by atoms with van der Waals surface area (Å²) in [6.07, 6.45) is 15.1. The van der Waals surface area contributed by atoms with Crippen molar-refractivity contribution in [3.63, 3.8) is 0 Å². The monoisotopic (exact) mass is 373 g/mol. The van der Waals surface area contributed by atoms with Crippen LogP contribution in [-0.2, 0) is 0 Å². The number of hydrogen-bond acceptors (Lipinski definition) is 2. The molecule has 5 aliphatic rings. The summed E-state index contributed by atoms with van der Waals surface area (Å²) in [5.74, 6) is 5.10. The van der Waals surface area contributed by atoms with E-state index in [9.17, 15) is 5.11 Å². The highest BCUT2D eigenvalue weighted by atomic mass is 16.3. The van der Waals surface area contributed by atoms with Gasteiger partial charge in [-0.05, 0) is 116 Å². The van der Waals surface area contributed by atoms with Crippen LogP contribution in [0.25, 0.3) is 0 Å². The summed E-state index contributed by atoms with van der Waals surface area (Å²) < 4.78 is 0. The number of nitrogens with two attached hydrogens (primary N) is 1. The van der Waals surface area contributed by atoms with E-state index in [0.29, 0.717) is 34.8 Å². The topological polar surface area (TPSA) is 46.2 Å². The Kier molecular flexibility index (Phi) is 4.35. The second-order valence-corrected chi connectivity index (χ2v) is 12.2. The lowest BCUT2D eigenvalue weighted by Gasteiger charge is -2.67. The van der Waals surface area contributed by atoms with E-state index >= 15 is 0 Å². The molecule has 2 heteroatoms. The first kappa shape index (κ1) is 18.9.